The van der Waals surface area contributed by atoms with Crippen LogP contribution >= 0.6 is 43.2 Å². The van der Waals surface area contributed by atoms with Gasteiger partial charge in [-0.1, -0.05) is 6.07 Å². The van der Waals surface area contributed by atoms with Gasteiger partial charge in [-0.05, 0) is 64.8 Å². The van der Waals surface area contributed by atoms with Gasteiger partial charge in [0.15, 0.2) is 0 Å². The van der Waals surface area contributed by atoms with E-state index in [4.69, 9.17) is 0 Å². The number of rotatable bonds is 3. The molecule has 5 heteroatoms. The number of para-hydroxylation sites is 1. The van der Waals surface area contributed by atoms with Gasteiger partial charge in [0, 0.05) is 13.8 Å². The van der Waals surface area contributed by atoms with E-state index >= 15 is 0 Å². The van der Waals surface area contributed by atoms with Crippen LogP contribution in [0.4, 0.5) is 5.69 Å². The molecular formula is C13H14Br2N2S. The Balaban J connectivity index is 2.26. The second-order valence-electron chi connectivity index (χ2n) is 4.14. The lowest BCUT2D eigenvalue weighted by molar-refractivity contribution is 0.835. The number of aryl methyl sites for hydroxylation is 2. The molecule has 1 unspecified atom stereocenters. The summed E-state index contributed by atoms with van der Waals surface area (Å²) in [5, 5.41) is 4.61. The number of halogens is 2. The van der Waals surface area contributed by atoms with Gasteiger partial charge in [0.2, 0.25) is 0 Å². The highest BCUT2D eigenvalue weighted by atomic mass is 79.9. The van der Waals surface area contributed by atoms with Crippen LogP contribution in [0.25, 0.3) is 0 Å². The fraction of sp³-hybridized carbons (Fsp3) is 0.308. The molecule has 0 fully saturated rings. The molecule has 1 N–H and O–H groups in total. The van der Waals surface area contributed by atoms with E-state index in [1.807, 2.05) is 25.1 Å². The molecule has 1 heterocycles. The Labute approximate surface area is 128 Å². The van der Waals surface area contributed by atoms with Gasteiger partial charge in [-0.2, -0.15) is 0 Å². The lowest BCUT2D eigenvalue weighted by Gasteiger charge is -2.17. The van der Waals surface area contributed by atoms with E-state index in [9.17, 15) is 0 Å². The summed E-state index contributed by atoms with van der Waals surface area (Å²) in [6.07, 6.45) is 0. The average molecular weight is 390 g/mol. The normalized spacial score (nSPS) is 12.5. The molecule has 2 rings (SSSR count). The van der Waals surface area contributed by atoms with Crippen molar-refractivity contribution in [3.8, 4) is 0 Å². The van der Waals surface area contributed by atoms with Crippen molar-refractivity contribution in [1.29, 1.82) is 0 Å². The van der Waals surface area contributed by atoms with Gasteiger partial charge in [0.05, 0.1) is 22.4 Å². The molecule has 96 valence electrons. The van der Waals surface area contributed by atoms with E-state index in [1.165, 1.54) is 4.88 Å². The number of hydrogen-bond donors (Lipinski definition) is 1. The molecule has 1 aromatic heterocycles. The van der Waals surface area contributed by atoms with Crippen LogP contribution < -0.4 is 5.32 Å². The van der Waals surface area contributed by atoms with Crippen molar-refractivity contribution in [2.75, 3.05) is 5.32 Å². The molecule has 0 aliphatic rings. The van der Waals surface area contributed by atoms with E-state index in [0.29, 0.717) is 0 Å². The van der Waals surface area contributed by atoms with Crippen LogP contribution in [0, 0.1) is 13.8 Å². The first-order valence-electron chi connectivity index (χ1n) is 5.63. The SMILES string of the molecule is Cc1nc(C(C)Nc2c(Br)cccc2Br)c(C)s1. The molecule has 18 heavy (non-hydrogen) atoms. The third-order valence-corrected chi connectivity index (χ3v) is 4.90. The predicted octanol–water partition coefficient (Wildman–Crippen LogP) is 5.46. The molecule has 0 aliphatic heterocycles. The number of anilines is 1. The van der Waals surface area contributed by atoms with Crippen LogP contribution in [0.1, 0.15) is 28.5 Å². The fourth-order valence-corrected chi connectivity index (χ4v) is 4.01. The molecule has 1 aromatic carbocycles. The maximum atomic E-state index is 4.59. The van der Waals surface area contributed by atoms with Gasteiger partial charge in [-0.3, -0.25) is 0 Å². The summed E-state index contributed by atoms with van der Waals surface area (Å²) in [7, 11) is 0. The maximum absolute atomic E-state index is 4.59. The molecule has 2 aromatic rings. The Morgan fingerprint density at radius 3 is 2.33 bits per heavy atom. The number of hydrogen-bond acceptors (Lipinski definition) is 3. The maximum Gasteiger partial charge on any atom is 0.0901 e. The predicted molar refractivity (Wildman–Crippen MR) is 85.5 cm³/mol. The van der Waals surface area contributed by atoms with Gasteiger partial charge in [0.1, 0.15) is 0 Å². The second-order valence-corrected chi connectivity index (χ2v) is 7.25. The minimum Gasteiger partial charge on any atom is -0.375 e. The summed E-state index contributed by atoms with van der Waals surface area (Å²) >= 11 is 8.87. The summed E-state index contributed by atoms with van der Waals surface area (Å²) in [4.78, 5) is 5.86. The Bertz CT molecular complexity index is 546. The number of aromatic nitrogens is 1. The van der Waals surface area contributed by atoms with Gasteiger partial charge >= 0.3 is 0 Å². The quantitative estimate of drug-likeness (QED) is 0.753. The molecule has 0 amide bonds. The third-order valence-electron chi connectivity index (χ3n) is 2.67. The van der Waals surface area contributed by atoms with Crippen molar-refractivity contribution in [3.05, 3.63) is 42.7 Å². The number of nitrogens with zero attached hydrogens (tertiary/aromatic N) is 1. The van der Waals surface area contributed by atoms with E-state index in [0.717, 1.165) is 25.3 Å². The summed E-state index contributed by atoms with van der Waals surface area (Å²) in [6.45, 7) is 6.29. The van der Waals surface area contributed by atoms with Crippen molar-refractivity contribution < 1.29 is 0 Å². The summed E-state index contributed by atoms with van der Waals surface area (Å²) < 4.78 is 2.10. The zero-order valence-corrected chi connectivity index (χ0v) is 14.4. The minimum atomic E-state index is 0.185. The van der Waals surface area contributed by atoms with Crippen molar-refractivity contribution >= 4 is 48.9 Å². The van der Waals surface area contributed by atoms with E-state index in [-0.39, 0.29) is 6.04 Å². The Kier molecular flexibility index (Phi) is 4.45. The van der Waals surface area contributed by atoms with Crippen molar-refractivity contribution in [1.82, 2.24) is 4.98 Å². The molecule has 0 aliphatic carbocycles. The van der Waals surface area contributed by atoms with Gasteiger partial charge in [-0.25, -0.2) is 4.98 Å². The highest BCUT2D eigenvalue weighted by molar-refractivity contribution is 9.11. The summed E-state index contributed by atoms with van der Waals surface area (Å²) in [6, 6.07) is 6.24. The molecule has 0 radical (unpaired) electrons. The molecule has 1 atom stereocenters. The van der Waals surface area contributed by atoms with Crippen LogP contribution in [0.15, 0.2) is 27.1 Å². The second kappa shape index (κ2) is 5.72. The smallest absolute Gasteiger partial charge is 0.0901 e. The number of nitrogens with one attached hydrogen (secondary N) is 1. The van der Waals surface area contributed by atoms with E-state index in [1.54, 1.807) is 11.3 Å². The monoisotopic (exact) mass is 388 g/mol. The molecule has 0 saturated carbocycles. The van der Waals surface area contributed by atoms with Gasteiger partial charge in [-0.15, -0.1) is 11.3 Å². The first-order chi connectivity index (χ1) is 8.49. The summed E-state index contributed by atoms with van der Waals surface area (Å²) in [5.41, 5.74) is 2.19. The van der Waals surface area contributed by atoms with Crippen molar-refractivity contribution in [2.45, 2.75) is 26.8 Å². The zero-order valence-electron chi connectivity index (χ0n) is 10.4. The zero-order chi connectivity index (χ0) is 13.3. The molecule has 2 nitrogen and oxygen atoms in total. The topological polar surface area (TPSA) is 24.9 Å². The first kappa shape index (κ1) is 14.0. The summed E-state index contributed by atoms with van der Waals surface area (Å²) in [5.74, 6) is 0. The van der Waals surface area contributed by atoms with Crippen LogP contribution in [-0.2, 0) is 0 Å². The van der Waals surface area contributed by atoms with Crippen LogP contribution in [0.2, 0.25) is 0 Å². The van der Waals surface area contributed by atoms with Crippen molar-refractivity contribution in [2.24, 2.45) is 0 Å². The molecular weight excluding hydrogens is 376 g/mol. The van der Waals surface area contributed by atoms with Gasteiger partial charge in [0.25, 0.3) is 0 Å². The number of benzene rings is 1. The average Bonchev–Trinajstić information content (AvgIpc) is 2.63. The number of thiazole rings is 1. The van der Waals surface area contributed by atoms with Crippen LogP contribution in [0.5, 0.6) is 0 Å². The standard InChI is InChI=1S/C13H14Br2N2S/c1-7(12-8(2)18-9(3)17-12)16-13-10(14)5-4-6-11(13)15/h4-7,16H,1-3H3. The highest BCUT2D eigenvalue weighted by Gasteiger charge is 2.15. The highest BCUT2D eigenvalue weighted by Crippen LogP contribution is 2.34. The Hall–Kier alpha value is -0.390. The molecule has 0 bridgehead atoms. The van der Waals surface area contributed by atoms with Crippen LogP contribution in [0.3, 0.4) is 0 Å². The lowest BCUT2D eigenvalue weighted by atomic mass is 10.2. The Morgan fingerprint density at radius 2 is 1.83 bits per heavy atom. The van der Waals surface area contributed by atoms with E-state index < -0.39 is 0 Å². The lowest BCUT2D eigenvalue weighted by Crippen LogP contribution is -2.09. The molecule has 0 spiro atoms. The molecule has 0 saturated heterocycles. The third kappa shape index (κ3) is 2.95. The van der Waals surface area contributed by atoms with E-state index in [2.05, 4.69) is 56.0 Å². The first-order valence-corrected chi connectivity index (χ1v) is 8.03. The fourth-order valence-electron chi connectivity index (χ4n) is 1.87. The van der Waals surface area contributed by atoms with Crippen molar-refractivity contribution in [3.63, 3.8) is 0 Å². The van der Waals surface area contributed by atoms with Gasteiger partial charge < -0.3 is 5.32 Å². The largest absolute Gasteiger partial charge is 0.375 e. The Morgan fingerprint density at radius 1 is 1.22 bits per heavy atom. The minimum absolute atomic E-state index is 0.185. The van der Waals surface area contributed by atoms with Crippen LogP contribution in [-0.4, -0.2) is 4.98 Å².